The smallest absolute Gasteiger partial charge is 0.351 e. The highest BCUT2D eigenvalue weighted by Gasteiger charge is 2.35. The Morgan fingerprint density at radius 2 is 1.48 bits per heavy atom. The van der Waals surface area contributed by atoms with E-state index in [0.717, 1.165) is 18.2 Å². The first-order chi connectivity index (χ1) is 9.59. The molecule has 21 heavy (non-hydrogen) atoms. The lowest BCUT2D eigenvalue weighted by Crippen LogP contribution is -2.15. The largest absolute Gasteiger partial charge is 0.431 e. The number of benzene rings is 1. The van der Waals surface area contributed by atoms with E-state index in [9.17, 15) is 31.1 Å². The van der Waals surface area contributed by atoms with Crippen LogP contribution < -0.4 is 5.43 Å². The molecule has 0 atom stereocenters. The van der Waals surface area contributed by atoms with E-state index in [1.165, 1.54) is 6.07 Å². The molecule has 0 saturated heterocycles. The summed E-state index contributed by atoms with van der Waals surface area (Å²) in [7, 11) is 0. The summed E-state index contributed by atoms with van der Waals surface area (Å²) >= 11 is 0. The first-order valence-corrected chi connectivity index (χ1v) is 5.57. The molecule has 1 heterocycles. The molecule has 0 bridgehead atoms. The minimum Gasteiger partial charge on any atom is -0.351 e. The van der Waals surface area contributed by atoms with Gasteiger partial charge in [-0.15, -0.1) is 0 Å². The van der Waals surface area contributed by atoms with E-state index in [-0.39, 0.29) is 0 Å². The fourth-order valence-corrected chi connectivity index (χ4v) is 1.81. The van der Waals surface area contributed by atoms with Crippen LogP contribution in [-0.4, -0.2) is 4.98 Å². The molecule has 2 rings (SSSR count). The molecule has 0 fully saturated rings. The van der Waals surface area contributed by atoms with Crippen molar-refractivity contribution in [3.8, 4) is 11.3 Å². The van der Waals surface area contributed by atoms with Gasteiger partial charge in [0.15, 0.2) is 5.43 Å². The van der Waals surface area contributed by atoms with Crippen molar-refractivity contribution in [3.63, 3.8) is 0 Å². The summed E-state index contributed by atoms with van der Waals surface area (Å²) in [5, 5.41) is 0. The van der Waals surface area contributed by atoms with Crippen LogP contribution in [0.4, 0.5) is 26.3 Å². The van der Waals surface area contributed by atoms with Gasteiger partial charge in [-0.3, -0.25) is 4.79 Å². The van der Waals surface area contributed by atoms with Crippen LogP contribution in [0.5, 0.6) is 0 Å². The zero-order valence-electron chi connectivity index (χ0n) is 10.1. The highest BCUT2D eigenvalue weighted by atomic mass is 19.4. The fourth-order valence-electron chi connectivity index (χ4n) is 1.81. The standard InChI is InChI=1S/C13H7F6NO/c14-12(15,16)9-4-2-1-3-8(9)10-5-7(21)6-11(20-10)13(17,18)19/h1-6H,(H,20,21). The second-order valence-electron chi connectivity index (χ2n) is 4.18. The number of nitrogens with one attached hydrogen (secondary N) is 1. The van der Waals surface area contributed by atoms with E-state index in [1.807, 2.05) is 4.98 Å². The molecule has 1 N–H and O–H groups in total. The predicted octanol–water partition coefficient (Wildman–Crippen LogP) is 4.08. The molecule has 1 aromatic carbocycles. The normalized spacial score (nSPS) is 12.5. The van der Waals surface area contributed by atoms with Gasteiger partial charge in [0.1, 0.15) is 5.69 Å². The van der Waals surface area contributed by atoms with E-state index < -0.39 is 40.3 Å². The topological polar surface area (TPSA) is 32.9 Å². The van der Waals surface area contributed by atoms with Crippen LogP contribution in [0.2, 0.25) is 0 Å². The molecule has 0 amide bonds. The van der Waals surface area contributed by atoms with Gasteiger partial charge in [0.25, 0.3) is 0 Å². The number of halogens is 6. The Morgan fingerprint density at radius 1 is 0.857 bits per heavy atom. The summed E-state index contributed by atoms with van der Waals surface area (Å²) in [6.07, 6.45) is -9.61. The highest BCUT2D eigenvalue weighted by molar-refractivity contribution is 5.64. The van der Waals surface area contributed by atoms with Crippen molar-refractivity contribution in [2.24, 2.45) is 0 Å². The summed E-state index contributed by atoms with van der Waals surface area (Å²) in [6, 6.07) is 5.06. The third-order valence-corrected chi connectivity index (χ3v) is 2.67. The molecule has 0 unspecified atom stereocenters. The SMILES string of the molecule is O=c1cc(-c2ccccc2C(F)(F)F)[nH]c(C(F)(F)F)c1. The average Bonchev–Trinajstić information content (AvgIpc) is 2.36. The summed E-state index contributed by atoms with van der Waals surface area (Å²) in [5.74, 6) is 0. The highest BCUT2D eigenvalue weighted by Crippen LogP contribution is 2.36. The third-order valence-electron chi connectivity index (χ3n) is 2.67. The number of hydrogen-bond donors (Lipinski definition) is 1. The van der Waals surface area contributed by atoms with E-state index in [4.69, 9.17) is 0 Å². The molecular formula is C13H7F6NO. The summed E-state index contributed by atoms with van der Waals surface area (Å²) < 4.78 is 76.4. The Kier molecular flexibility index (Phi) is 3.56. The van der Waals surface area contributed by atoms with Crippen LogP contribution in [0.1, 0.15) is 11.3 Å². The molecule has 0 aliphatic rings. The van der Waals surface area contributed by atoms with E-state index in [2.05, 4.69) is 0 Å². The Hall–Kier alpha value is -2.25. The number of aromatic nitrogens is 1. The van der Waals surface area contributed by atoms with Crippen molar-refractivity contribution in [3.05, 3.63) is 57.9 Å². The average molecular weight is 307 g/mol. The first kappa shape index (κ1) is 15.1. The van der Waals surface area contributed by atoms with Crippen molar-refractivity contribution in [1.29, 1.82) is 0 Å². The van der Waals surface area contributed by atoms with Crippen molar-refractivity contribution in [2.45, 2.75) is 12.4 Å². The Balaban J connectivity index is 2.69. The monoisotopic (exact) mass is 307 g/mol. The van der Waals surface area contributed by atoms with Gasteiger partial charge in [0.05, 0.1) is 11.3 Å². The molecule has 0 saturated carbocycles. The van der Waals surface area contributed by atoms with Crippen molar-refractivity contribution < 1.29 is 26.3 Å². The lowest BCUT2D eigenvalue weighted by Gasteiger charge is -2.14. The van der Waals surface area contributed by atoms with Crippen molar-refractivity contribution in [1.82, 2.24) is 4.98 Å². The number of rotatable bonds is 1. The predicted molar refractivity (Wildman–Crippen MR) is 62.5 cm³/mol. The van der Waals surface area contributed by atoms with E-state index >= 15 is 0 Å². The van der Waals surface area contributed by atoms with Gasteiger partial charge in [-0.1, -0.05) is 18.2 Å². The number of hydrogen-bond acceptors (Lipinski definition) is 1. The fraction of sp³-hybridized carbons (Fsp3) is 0.154. The third kappa shape index (κ3) is 3.26. The number of pyridine rings is 1. The maximum Gasteiger partial charge on any atom is 0.431 e. The van der Waals surface area contributed by atoms with Gasteiger partial charge in [-0.05, 0) is 6.07 Å². The maximum atomic E-state index is 12.9. The molecule has 0 spiro atoms. The van der Waals surface area contributed by atoms with Gasteiger partial charge in [-0.25, -0.2) is 0 Å². The van der Waals surface area contributed by atoms with Crippen molar-refractivity contribution >= 4 is 0 Å². The lowest BCUT2D eigenvalue weighted by molar-refractivity contribution is -0.141. The first-order valence-electron chi connectivity index (χ1n) is 5.57. The summed E-state index contributed by atoms with van der Waals surface area (Å²) in [5.41, 5.74) is -4.62. The van der Waals surface area contributed by atoms with Crippen LogP contribution in [0.3, 0.4) is 0 Å². The quantitative estimate of drug-likeness (QED) is 0.791. The van der Waals surface area contributed by atoms with E-state index in [0.29, 0.717) is 12.1 Å². The van der Waals surface area contributed by atoms with Crippen LogP contribution >= 0.6 is 0 Å². The maximum absolute atomic E-state index is 12.9. The van der Waals surface area contributed by atoms with Crippen LogP contribution in [0, 0.1) is 0 Å². The van der Waals surface area contributed by atoms with Gasteiger partial charge in [0, 0.05) is 17.7 Å². The zero-order chi connectivity index (χ0) is 15.8. The molecule has 0 aliphatic carbocycles. The van der Waals surface area contributed by atoms with Crippen LogP contribution in [0.25, 0.3) is 11.3 Å². The lowest BCUT2D eigenvalue weighted by atomic mass is 10.0. The minimum absolute atomic E-state index is 0.291. The second-order valence-corrected chi connectivity index (χ2v) is 4.18. The van der Waals surface area contributed by atoms with Gasteiger partial charge in [-0.2, -0.15) is 26.3 Å². The van der Waals surface area contributed by atoms with Crippen LogP contribution in [-0.2, 0) is 12.4 Å². The minimum atomic E-state index is -4.86. The number of alkyl halides is 6. The van der Waals surface area contributed by atoms with Gasteiger partial charge >= 0.3 is 12.4 Å². The Morgan fingerprint density at radius 3 is 2.05 bits per heavy atom. The summed E-state index contributed by atoms with van der Waals surface area (Å²) in [4.78, 5) is 13.1. The second kappa shape index (κ2) is 4.94. The Labute approximate surface area is 114 Å². The number of aromatic amines is 1. The zero-order valence-corrected chi connectivity index (χ0v) is 10.1. The van der Waals surface area contributed by atoms with E-state index in [1.54, 1.807) is 0 Å². The Bertz CT molecular complexity index is 714. The molecule has 0 radical (unpaired) electrons. The molecule has 2 nitrogen and oxygen atoms in total. The number of H-pyrrole nitrogens is 1. The van der Waals surface area contributed by atoms with Crippen LogP contribution in [0.15, 0.2) is 41.2 Å². The molecule has 112 valence electrons. The van der Waals surface area contributed by atoms with Crippen molar-refractivity contribution in [2.75, 3.05) is 0 Å². The molecule has 1 aromatic heterocycles. The van der Waals surface area contributed by atoms with Gasteiger partial charge in [0.2, 0.25) is 0 Å². The summed E-state index contributed by atoms with van der Waals surface area (Å²) in [6.45, 7) is 0. The molecule has 0 aliphatic heterocycles. The molecule has 8 heteroatoms. The molecular weight excluding hydrogens is 300 g/mol. The molecule has 2 aromatic rings. The van der Waals surface area contributed by atoms with Gasteiger partial charge < -0.3 is 4.98 Å².